The number of nitrogens with one attached hydrogen (secondary N) is 2. The van der Waals surface area contributed by atoms with Crippen molar-refractivity contribution in [1.29, 1.82) is 0 Å². The predicted octanol–water partition coefficient (Wildman–Crippen LogP) is 2.57. The van der Waals surface area contributed by atoms with Crippen LogP contribution in [0.1, 0.15) is 19.8 Å². The summed E-state index contributed by atoms with van der Waals surface area (Å²) in [6.07, 6.45) is 0.948. The Morgan fingerprint density at radius 1 is 1.53 bits per heavy atom. The molecule has 1 rings (SSSR count). The average Bonchev–Trinajstić information content (AvgIpc) is 2.28. The Morgan fingerprint density at radius 2 is 2.29 bits per heavy atom. The first-order valence-electron chi connectivity index (χ1n) is 5.60. The topological polar surface area (TPSA) is 61.4 Å². The van der Waals surface area contributed by atoms with E-state index >= 15 is 0 Å². The molecule has 1 aromatic rings. The highest BCUT2D eigenvalue weighted by atomic mass is 127. The molecule has 3 N–H and O–H groups in total. The predicted molar refractivity (Wildman–Crippen MR) is 77.1 cm³/mol. The van der Waals surface area contributed by atoms with Crippen LogP contribution in [-0.2, 0) is 0 Å². The van der Waals surface area contributed by atoms with E-state index in [2.05, 4.69) is 33.2 Å². The smallest absolute Gasteiger partial charge is 0.319 e. The van der Waals surface area contributed by atoms with E-state index in [1.807, 2.05) is 31.2 Å². The summed E-state index contributed by atoms with van der Waals surface area (Å²) in [5.74, 6) is 0. The van der Waals surface area contributed by atoms with Gasteiger partial charge in [0, 0.05) is 15.8 Å². The molecule has 4 nitrogen and oxygen atoms in total. The Balaban J connectivity index is 2.30. The van der Waals surface area contributed by atoms with E-state index in [0.717, 1.165) is 9.26 Å². The standard InChI is InChI=1S/C12H17IN2O2/c1-2-11(16)6-7-14-12(17)15-10-5-3-4-9(13)8-10/h3-5,8,11,16H,2,6-7H2,1H3,(H2,14,15,17). The number of anilines is 1. The van der Waals surface area contributed by atoms with Crippen LogP contribution in [0, 0.1) is 3.57 Å². The van der Waals surface area contributed by atoms with Gasteiger partial charge in [-0.15, -0.1) is 0 Å². The quantitative estimate of drug-likeness (QED) is 0.717. The van der Waals surface area contributed by atoms with Gasteiger partial charge in [-0.05, 0) is 53.6 Å². The average molecular weight is 348 g/mol. The van der Waals surface area contributed by atoms with E-state index in [1.165, 1.54) is 0 Å². The summed E-state index contributed by atoms with van der Waals surface area (Å²) < 4.78 is 1.07. The Bertz CT molecular complexity index is 371. The van der Waals surface area contributed by atoms with Crippen molar-refractivity contribution in [2.24, 2.45) is 0 Å². The van der Waals surface area contributed by atoms with Crippen LogP contribution in [0.15, 0.2) is 24.3 Å². The Labute approximate surface area is 115 Å². The van der Waals surface area contributed by atoms with Crippen molar-refractivity contribution < 1.29 is 9.90 Å². The fraction of sp³-hybridized carbons (Fsp3) is 0.417. The van der Waals surface area contributed by atoms with Crippen molar-refractivity contribution in [3.63, 3.8) is 0 Å². The molecular formula is C12H17IN2O2. The summed E-state index contributed by atoms with van der Waals surface area (Å²) in [5.41, 5.74) is 0.769. The Hall–Kier alpha value is -0.820. The molecule has 1 unspecified atom stereocenters. The highest BCUT2D eigenvalue weighted by Crippen LogP contribution is 2.11. The van der Waals surface area contributed by atoms with Gasteiger partial charge in [0.05, 0.1) is 6.10 Å². The third kappa shape index (κ3) is 5.88. The second-order valence-corrected chi connectivity index (χ2v) is 4.99. The molecule has 0 aliphatic rings. The normalized spacial score (nSPS) is 11.9. The van der Waals surface area contributed by atoms with Crippen LogP contribution in [0.2, 0.25) is 0 Å². The van der Waals surface area contributed by atoms with Gasteiger partial charge >= 0.3 is 6.03 Å². The van der Waals surface area contributed by atoms with E-state index in [4.69, 9.17) is 0 Å². The van der Waals surface area contributed by atoms with Crippen molar-refractivity contribution in [2.75, 3.05) is 11.9 Å². The van der Waals surface area contributed by atoms with Crippen molar-refractivity contribution in [3.05, 3.63) is 27.8 Å². The number of rotatable bonds is 5. The lowest BCUT2D eigenvalue weighted by molar-refractivity contribution is 0.160. The monoisotopic (exact) mass is 348 g/mol. The molecule has 0 radical (unpaired) electrons. The number of hydrogen-bond donors (Lipinski definition) is 3. The van der Waals surface area contributed by atoms with Gasteiger partial charge in [0.1, 0.15) is 0 Å². The number of hydrogen-bond acceptors (Lipinski definition) is 2. The van der Waals surface area contributed by atoms with Gasteiger partial charge in [-0.25, -0.2) is 4.79 Å². The van der Waals surface area contributed by atoms with Gasteiger partial charge in [0.15, 0.2) is 0 Å². The zero-order valence-corrected chi connectivity index (χ0v) is 11.9. The van der Waals surface area contributed by atoms with E-state index in [1.54, 1.807) is 0 Å². The highest BCUT2D eigenvalue weighted by molar-refractivity contribution is 14.1. The lowest BCUT2D eigenvalue weighted by atomic mass is 10.2. The van der Waals surface area contributed by atoms with Gasteiger partial charge in [-0.2, -0.15) is 0 Å². The molecule has 1 atom stereocenters. The Kier molecular flexibility index (Phi) is 6.28. The van der Waals surface area contributed by atoms with Crippen LogP contribution in [0.25, 0.3) is 0 Å². The van der Waals surface area contributed by atoms with Gasteiger partial charge in [0.2, 0.25) is 0 Å². The maximum absolute atomic E-state index is 11.5. The fourth-order valence-electron chi connectivity index (χ4n) is 1.30. The molecule has 0 aromatic heterocycles. The fourth-order valence-corrected chi connectivity index (χ4v) is 1.84. The van der Waals surface area contributed by atoms with Crippen molar-refractivity contribution in [1.82, 2.24) is 5.32 Å². The Morgan fingerprint density at radius 3 is 2.94 bits per heavy atom. The summed E-state index contributed by atoms with van der Waals surface area (Å²) in [6, 6.07) is 7.33. The SMILES string of the molecule is CCC(O)CCNC(=O)Nc1cccc(I)c1. The maximum Gasteiger partial charge on any atom is 0.319 e. The van der Waals surface area contributed by atoms with Crippen LogP contribution in [-0.4, -0.2) is 23.8 Å². The number of aliphatic hydroxyl groups excluding tert-OH is 1. The minimum Gasteiger partial charge on any atom is -0.393 e. The van der Waals surface area contributed by atoms with E-state index in [-0.39, 0.29) is 12.1 Å². The van der Waals surface area contributed by atoms with Crippen molar-refractivity contribution in [3.8, 4) is 0 Å². The summed E-state index contributed by atoms with van der Waals surface area (Å²) >= 11 is 2.19. The third-order valence-corrected chi connectivity index (χ3v) is 2.99. The van der Waals surface area contributed by atoms with Crippen LogP contribution < -0.4 is 10.6 Å². The first kappa shape index (κ1) is 14.2. The van der Waals surface area contributed by atoms with Gasteiger partial charge < -0.3 is 15.7 Å². The number of urea groups is 1. The number of amides is 2. The summed E-state index contributed by atoms with van der Waals surface area (Å²) in [5, 5.41) is 14.8. The molecule has 0 bridgehead atoms. The van der Waals surface area contributed by atoms with Crippen LogP contribution in [0.3, 0.4) is 0 Å². The molecular weight excluding hydrogens is 331 g/mol. The van der Waals surface area contributed by atoms with Crippen molar-refractivity contribution >= 4 is 34.3 Å². The first-order valence-corrected chi connectivity index (χ1v) is 6.68. The molecule has 0 aliphatic carbocycles. The number of carbonyl (C=O) groups excluding carboxylic acids is 1. The number of aliphatic hydroxyl groups is 1. The van der Waals surface area contributed by atoms with Crippen LogP contribution in [0.5, 0.6) is 0 Å². The van der Waals surface area contributed by atoms with Gasteiger partial charge in [0.25, 0.3) is 0 Å². The lowest BCUT2D eigenvalue weighted by Crippen LogP contribution is -2.31. The second-order valence-electron chi connectivity index (χ2n) is 3.74. The molecule has 94 valence electrons. The summed E-state index contributed by atoms with van der Waals surface area (Å²) in [6.45, 7) is 2.39. The minimum absolute atomic E-state index is 0.240. The molecule has 0 fully saturated rings. The lowest BCUT2D eigenvalue weighted by Gasteiger charge is -2.10. The number of halogens is 1. The van der Waals surface area contributed by atoms with Crippen LogP contribution in [0.4, 0.5) is 10.5 Å². The molecule has 2 amide bonds. The zero-order valence-electron chi connectivity index (χ0n) is 9.74. The van der Waals surface area contributed by atoms with Gasteiger partial charge in [-0.1, -0.05) is 13.0 Å². The van der Waals surface area contributed by atoms with E-state index in [0.29, 0.717) is 19.4 Å². The number of carbonyl (C=O) groups is 1. The first-order chi connectivity index (χ1) is 8.11. The molecule has 0 heterocycles. The third-order valence-electron chi connectivity index (χ3n) is 2.32. The van der Waals surface area contributed by atoms with Crippen LogP contribution >= 0.6 is 22.6 Å². The molecule has 17 heavy (non-hydrogen) atoms. The second kappa shape index (κ2) is 7.50. The summed E-state index contributed by atoms with van der Waals surface area (Å²) in [7, 11) is 0. The largest absolute Gasteiger partial charge is 0.393 e. The molecule has 0 aliphatic heterocycles. The van der Waals surface area contributed by atoms with Gasteiger partial charge in [-0.3, -0.25) is 0 Å². The van der Waals surface area contributed by atoms with E-state index < -0.39 is 0 Å². The molecule has 0 saturated carbocycles. The number of benzene rings is 1. The van der Waals surface area contributed by atoms with E-state index in [9.17, 15) is 9.90 Å². The molecule has 0 saturated heterocycles. The maximum atomic E-state index is 11.5. The molecule has 0 spiro atoms. The summed E-state index contributed by atoms with van der Waals surface area (Å²) in [4.78, 5) is 11.5. The van der Waals surface area contributed by atoms with Crippen molar-refractivity contribution in [2.45, 2.75) is 25.9 Å². The zero-order chi connectivity index (χ0) is 12.7. The minimum atomic E-state index is -0.340. The highest BCUT2D eigenvalue weighted by Gasteiger charge is 2.03. The molecule has 5 heteroatoms. The molecule has 1 aromatic carbocycles.